The second-order valence-electron chi connectivity index (χ2n) is 4.10. The molecule has 0 spiro atoms. The van der Waals surface area contributed by atoms with Crippen LogP contribution in [0.2, 0.25) is 5.15 Å². The van der Waals surface area contributed by atoms with Gasteiger partial charge >= 0.3 is 0 Å². The number of benzene rings is 1. The number of aliphatic hydroxyl groups is 1. The number of anilines is 1. The molecule has 19 heavy (non-hydrogen) atoms. The fourth-order valence-corrected chi connectivity index (χ4v) is 2.61. The number of nitriles is 1. The molecule has 1 heterocycles. The minimum absolute atomic E-state index is 0.194. The number of nitrogens with one attached hydrogen (secondary N) is 1. The molecule has 1 atom stereocenters. The van der Waals surface area contributed by atoms with E-state index in [2.05, 4.69) is 9.69 Å². The molecule has 0 saturated carbocycles. The quantitative estimate of drug-likeness (QED) is 0.909. The average molecular weight is 294 g/mol. The molecule has 0 aliphatic heterocycles. The largest absolute Gasteiger partial charge is 0.387 e. The summed E-state index contributed by atoms with van der Waals surface area (Å²) in [4.78, 5) is 0. The zero-order valence-corrected chi connectivity index (χ0v) is 11.8. The first kappa shape index (κ1) is 13.8. The number of hydrogen-bond acceptors (Lipinski definition) is 5. The predicted molar refractivity (Wildman–Crippen MR) is 76.5 cm³/mol. The van der Waals surface area contributed by atoms with Crippen molar-refractivity contribution in [2.24, 2.45) is 0 Å². The van der Waals surface area contributed by atoms with Crippen LogP contribution < -0.4 is 5.32 Å². The second kappa shape index (κ2) is 6.02. The maximum atomic E-state index is 10.1. The number of aryl methyl sites for hydroxylation is 1. The summed E-state index contributed by atoms with van der Waals surface area (Å²) in [5.41, 5.74) is 2.25. The van der Waals surface area contributed by atoms with Gasteiger partial charge in [-0.25, -0.2) is 0 Å². The summed E-state index contributed by atoms with van der Waals surface area (Å²) in [5, 5.41) is 22.8. The summed E-state index contributed by atoms with van der Waals surface area (Å²) in [6.45, 7) is 2.27. The molecular formula is C13H12ClN3OS. The molecule has 1 unspecified atom stereocenters. The lowest BCUT2D eigenvalue weighted by molar-refractivity contribution is 0.191. The Hall–Kier alpha value is -1.61. The van der Waals surface area contributed by atoms with E-state index in [1.807, 2.05) is 37.3 Å². The van der Waals surface area contributed by atoms with Crippen LogP contribution in [0.25, 0.3) is 0 Å². The Bertz CT molecular complexity index is 621. The lowest BCUT2D eigenvalue weighted by Crippen LogP contribution is -2.12. The van der Waals surface area contributed by atoms with Crippen molar-refractivity contribution in [3.05, 3.63) is 46.1 Å². The van der Waals surface area contributed by atoms with E-state index in [4.69, 9.17) is 16.9 Å². The van der Waals surface area contributed by atoms with Gasteiger partial charge in [-0.15, -0.1) is 0 Å². The van der Waals surface area contributed by atoms with Gasteiger partial charge in [-0.3, -0.25) is 0 Å². The van der Waals surface area contributed by atoms with Gasteiger partial charge in [0.2, 0.25) is 0 Å². The Morgan fingerprint density at radius 2 is 2.37 bits per heavy atom. The van der Waals surface area contributed by atoms with Crippen molar-refractivity contribution in [2.75, 3.05) is 11.9 Å². The highest BCUT2D eigenvalue weighted by Gasteiger charge is 2.13. The number of aliphatic hydroxyl groups excluding tert-OH is 1. The molecule has 1 aromatic heterocycles. The first-order valence-corrected chi connectivity index (χ1v) is 6.80. The summed E-state index contributed by atoms with van der Waals surface area (Å²) in [7, 11) is 0. The summed E-state index contributed by atoms with van der Waals surface area (Å²) < 4.78 is 3.89. The number of aromatic nitrogens is 1. The predicted octanol–water partition coefficient (Wildman–Crippen LogP) is 3.12. The van der Waals surface area contributed by atoms with Gasteiger partial charge in [0.15, 0.2) is 5.15 Å². The lowest BCUT2D eigenvalue weighted by atomic mass is 10.1. The summed E-state index contributed by atoms with van der Waals surface area (Å²) >= 11 is 6.89. The van der Waals surface area contributed by atoms with E-state index in [0.717, 1.165) is 22.7 Å². The van der Waals surface area contributed by atoms with Crippen molar-refractivity contribution in [3.8, 4) is 6.07 Å². The Balaban J connectivity index is 2.05. The van der Waals surface area contributed by atoms with Crippen LogP contribution >= 0.6 is 23.1 Å². The second-order valence-corrected chi connectivity index (χ2v) is 5.23. The van der Waals surface area contributed by atoms with Crippen molar-refractivity contribution in [2.45, 2.75) is 13.0 Å². The molecule has 2 rings (SSSR count). The first-order valence-electron chi connectivity index (χ1n) is 5.65. The van der Waals surface area contributed by atoms with E-state index in [9.17, 15) is 5.11 Å². The number of rotatable bonds is 4. The number of halogens is 1. The highest BCUT2D eigenvalue weighted by atomic mass is 35.5. The molecule has 0 amide bonds. The molecule has 0 aliphatic carbocycles. The van der Waals surface area contributed by atoms with E-state index in [0.29, 0.717) is 17.1 Å². The highest BCUT2D eigenvalue weighted by molar-refractivity contribution is 7.10. The highest BCUT2D eigenvalue weighted by Crippen LogP contribution is 2.28. The molecule has 0 aliphatic rings. The summed E-state index contributed by atoms with van der Waals surface area (Å²) in [6.07, 6.45) is -0.646. The summed E-state index contributed by atoms with van der Waals surface area (Å²) in [5.74, 6) is 0. The van der Waals surface area contributed by atoms with Gasteiger partial charge in [0.05, 0.1) is 6.10 Å². The van der Waals surface area contributed by atoms with E-state index in [1.165, 1.54) is 0 Å². The van der Waals surface area contributed by atoms with Crippen LogP contribution in [-0.2, 0) is 0 Å². The van der Waals surface area contributed by atoms with Crippen molar-refractivity contribution in [3.63, 3.8) is 0 Å². The van der Waals surface area contributed by atoms with Crippen LogP contribution in [0.5, 0.6) is 0 Å². The third-order valence-corrected chi connectivity index (χ3v) is 3.82. The maximum absolute atomic E-state index is 10.1. The molecule has 2 N–H and O–H groups in total. The van der Waals surface area contributed by atoms with Crippen molar-refractivity contribution < 1.29 is 5.11 Å². The van der Waals surface area contributed by atoms with Gasteiger partial charge in [0, 0.05) is 6.54 Å². The van der Waals surface area contributed by atoms with Gasteiger partial charge in [-0.1, -0.05) is 41.4 Å². The molecule has 0 bridgehead atoms. The zero-order valence-electron chi connectivity index (χ0n) is 10.2. The molecule has 2 aromatic rings. The lowest BCUT2D eigenvalue weighted by Gasteiger charge is -2.12. The molecular weight excluding hydrogens is 282 g/mol. The third-order valence-electron chi connectivity index (χ3n) is 2.65. The monoisotopic (exact) mass is 293 g/mol. The Morgan fingerprint density at radius 1 is 1.58 bits per heavy atom. The van der Waals surface area contributed by atoms with Gasteiger partial charge in [0.25, 0.3) is 0 Å². The van der Waals surface area contributed by atoms with E-state index in [1.54, 1.807) is 0 Å². The van der Waals surface area contributed by atoms with E-state index in [-0.39, 0.29) is 5.15 Å². The Labute approximate surface area is 120 Å². The first-order chi connectivity index (χ1) is 9.11. The molecule has 1 aromatic carbocycles. The molecule has 4 nitrogen and oxygen atoms in total. The molecule has 6 heteroatoms. The minimum Gasteiger partial charge on any atom is -0.387 e. The van der Waals surface area contributed by atoms with Crippen LogP contribution in [0.15, 0.2) is 24.3 Å². The Kier molecular flexibility index (Phi) is 4.38. The van der Waals surface area contributed by atoms with Crippen LogP contribution in [0.1, 0.15) is 22.8 Å². The zero-order chi connectivity index (χ0) is 13.8. The van der Waals surface area contributed by atoms with Gasteiger partial charge in [-0.05, 0) is 24.0 Å². The minimum atomic E-state index is -0.646. The Morgan fingerprint density at radius 3 is 3.05 bits per heavy atom. The summed E-state index contributed by atoms with van der Waals surface area (Å²) in [6, 6.07) is 9.65. The van der Waals surface area contributed by atoms with Crippen LogP contribution in [0, 0.1) is 18.3 Å². The number of nitrogens with zero attached hydrogens (tertiary/aromatic N) is 2. The SMILES string of the molecule is Cc1cccc(C(O)CNc2snc(Cl)c2C#N)c1. The number of hydrogen-bond donors (Lipinski definition) is 2. The maximum Gasteiger partial charge on any atom is 0.162 e. The fraction of sp³-hybridized carbons (Fsp3) is 0.231. The average Bonchev–Trinajstić information content (AvgIpc) is 2.76. The van der Waals surface area contributed by atoms with Crippen molar-refractivity contribution in [1.82, 2.24) is 4.37 Å². The third kappa shape index (κ3) is 3.24. The topological polar surface area (TPSA) is 68.9 Å². The fourth-order valence-electron chi connectivity index (χ4n) is 1.67. The molecule has 0 radical (unpaired) electrons. The normalized spacial score (nSPS) is 11.9. The van der Waals surface area contributed by atoms with Gasteiger partial charge < -0.3 is 10.4 Å². The van der Waals surface area contributed by atoms with Crippen LogP contribution in [0.3, 0.4) is 0 Å². The van der Waals surface area contributed by atoms with E-state index >= 15 is 0 Å². The van der Waals surface area contributed by atoms with Crippen LogP contribution in [-0.4, -0.2) is 16.0 Å². The van der Waals surface area contributed by atoms with E-state index < -0.39 is 6.10 Å². The van der Waals surface area contributed by atoms with Gasteiger partial charge in [-0.2, -0.15) is 9.64 Å². The smallest absolute Gasteiger partial charge is 0.162 e. The van der Waals surface area contributed by atoms with Crippen molar-refractivity contribution >= 4 is 28.1 Å². The molecule has 0 fully saturated rings. The van der Waals surface area contributed by atoms with Crippen molar-refractivity contribution in [1.29, 1.82) is 5.26 Å². The standard InChI is InChI=1S/C13H12ClN3OS/c1-8-3-2-4-9(5-8)11(18)7-16-13-10(6-15)12(14)17-19-13/h2-5,11,16,18H,7H2,1H3. The van der Waals surface area contributed by atoms with Gasteiger partial charge in [0.1, 0.15) is 16.6 Å². The molecule has 98 valence electrons. The van der Waals surface area contributed by atoms with Crippen LogP contribution in [0.4, 0.5) is 5.00 Å². The molecule has 0 saturated heterocycles.